The number of urea groups is 1. The van der Waals surface area contributed by atoms with Crippen molar-refractivity contribution in [1.29, 1.82) is 0 Å². The van der Waals surface area contributed by atoms with Crippen molar-refractivity contribution >= 4 is 40.8 Å². The monoisotopic (exact) mass is 470 g/mol. The number of aliphatic imine (C=N–C) groups is 1. The molecule has 4 unspecified atom stereocenters. The Bertz CT molecular complexity index is 1040. The fourth-order valence-electron chi connectivity index (χ4n) is 5.15. The molecule has 4 heterocycles. The highest BCUT2D eigenvalue weighted by molar-refractivity contribution is 7.99. The Balaban J connectivity index is 1.30. The van der Waals surface area contributed by atoms with Gasteiger partial charge in [-0.3, -0.25) is 10.1 Å². The van der Waals surface area contributed by atoms with Gasteiger partial charge in [0.05, 0.1) is 0 Å². The number of rotatable bonds is 5. The Morgan fingerprint density at radius 1 is 1.18 bits per heavy atom. The molecule has 0 bridgehead atoms. The minimum absolute atomic E-state index is 0.272. The first-order chi connectivity index (χ1) is 15.9. The normalized spacial score (nSPS) is 27.7. The van der Waals surface area contributed by atoms with Gasteiger partial charge in [0.25, 0.3) is 11.1 Å². The van der Waals surface area contributed by atoms with E-state index in [1.807, 2.05) is 24.3 Å². The smallest absolute Gasteiger partial charge is 0.325 e. The van der Waals surface area contributed by atoms with Gasteiger partial charge in [-0.15, -0.1) is 0 Å². The molecule has 5 rings (SSSR count). The third-order valence-electron chi connectivity index (χ3n) is 6.53. The van der Waals surface area contributed by atoms with E-state index in [1.54, 1.807) is 18.8 Å². The molecule has 2 aromatic rings. The molecule has 33 heavy (non-hydrogen) atoms. The van der Waals surface area contributed by atoms with Crippen LogP contribution in [0.4, 0.5) is 4.79 Å². The van der Waals surface area contributed by atoms with Crippen LogP contribution < -0.4 is 5.32 Å². The summed E-state index contributed by atoms with van der Waals surface area (Å²) < 4.78 is 5.81. The highest BCUT2D eigenvalue weighted by Gasteiger charge is 2.49. The summed E-state index contributed by atoms with van der Waals surface area (Å²) in [6, 6.07) is 6.85. The van der Waals surface area contributed by atoms with Crippen LogP contribution in [0.5, 0.6) is 0 Å². The first-order valence-corrected chi connectivity index (χ1v) is 12.5. The van der Waals surface area contributed by atoms with Crippen LogP contribution in [0, 0.1) is 11.8 Å². The lowest BCUT2D eigenvalue weighted by Gasteiger charge is -2.41. The summed E-state index contributed by atoms with van der Waals surface area (Å²) in [4.78, 5) is 40.4. The molecular weight excluding hydrogens is 440 g/mol. The number of guanidine groups is 1. The van der Waals surface area contributed by atoms with E-state index < -0.39 is 18.2 Å². The van der Waals surface area contributed by atoms with Crippen LogP contribution in [-0.4, -0.2) is 82.2 Å². The highest BCUT2D eigenvalue weighted by Crippen LogP contribution is 2.30. The number of hydrogen-bond acceptors (Lipinski definition) is 8. The molecular formula is C23H30N6O3S. The summed E-state index contributed by atoms with van der Waals surface area (Å²) >= 11 is 1.58. The quantitative estimate of drug-likeness (QED) is 0.530. The molecule has 3 aliphatic rings. The van der Waals surface area contributed by atoms with Crippen LogP contribution in [0.3, 0.4) is 0 Å². The highest BCUT2D eigenvalue weighted by atomic mass is 32.2. The van der Waals surface area contributed by atoms with Gasteiger partial charge in [-0.2, -0.15) is 0 Å². The third kappa shape index (κ3) is 4.28. The van der Waals surface area contributed by atoms with Gasteiger partial charge < -0.3 is 19.1 Å². The van der Waals surface area contributed by atoms with Crippen LogP contribution >= 0.6 is 11.8 Å². The molecule has 2 saturated heterocycles. The van der Waals surface area contributed by atoms with Crippen molar-refractivity contribution in [3.05, 3.63) is 24.3 Å². The van der Waals surface area contributed by atoms with Gasteiger partial charge >= 0.3 is 6.03 Å². The van der Waals surface area contributed by atoms with Crippen LogP contribution in [0.25, 0.3) is 11.1 Å². The Morgan fingerprint density at radius 2 is 1.94 bits per heavy atom. The summed E-state index contributed by atoms with van der Waals surface area (Å²) in [7, 11) is 1.70. The zero-order valence-corrected chi connectivity index (χ0v) is 20.0. The first-order valence-electron chi connectivity index (χ1n) is 11.6. The SMILES string of the molecule is CC1CC(C)CN(C2=NC3C(C(=O)NC(=O)N3C)N2CCCSc2nc3ccccc3o2)C1. The Hall–Kier alpha value is -2.75. The van der Waals surface area contributed by atoms with Crippen molar-refractivity contribution in [2.75, 3.05) is 32.4 Å². The molecule has 2 fully saturated rings. The summed E-state index contributed by atoms with van der Waals surface area (Å²) in [6.07, 6.45) is 1.53. The summed E-state index contributed by atoms with van der Waals surface area (Å²) in [5.41, 5.74) is 1.65. The Morgan fingerprint density at radius 3 is 2.70 bits per heavy atom. The molecule has 10 heteroatoms. The number of thioether (sulfide) groups is 1. The number of carbonyl (C=O) groups is 2. The topological polar surface area (TPSA) is 94.3 Å². The lowest BCUT2D eigenvalue weighted by atomic mass is 9.92. The maximum atomic E-state index is 12.8. The van der Waals surface area contributed by atoms with Gasteiger partial charge in [-0.1, -0.05) is 37.7 Å². The van der Waals surface area contributed by atoms with Crippen LogP contribution in [0.2, 0.25) is 0 Å². The maximum Gasteiger partial charge on any atom is 0.325 e. The van der Waals surface area contributed by atoms with Gasteiger partial charge in [0, 0.05) is 32.4 Å². The zero-order chi connectivity index (χ0) is 23.1. The number of nitrogens with one attached hydrogen (secondary N) is 1. The molecule has 0 aliphatic carbocycles. The molecule has 1 aromatic heterocycles. The van der Waals surface area contributed by atoms with E-state index in [2.05, 4.69) is 33.9 Å². The molecule has 0 radical (unpaired) electrons. The number of likely N-dealkylation sites (tertiary alicyclic amines) is 1. The average molecular weight is 471 g/mol. The number of piperidine rings is 1. The van der Waals surface area contributed by atoms with Gasteiger partial charge in [0.1, 0.15) is 5.52 Å². The fraction of sp³-hybridized carbons (Fsp3) is 0.565. The number of oxazole rings is 1. The maximum absolute atomic E-state index is 12.8. The first kappa shape index (κ1) is 22.1. The number of imide groups is 1. The number of hydrogen-bond donors (Lipinski definition) is 1. The minimum atomic E-state index is -0.496. The van der Waals surface area contributed by atoms with Gasteiger partial charge in [0.15, 0.2) is 23.8 Å². The largest absolute Gasteiger partial charge is 0.431 e. The van der Waals surface area contributed by atoms with E-state index in [4.69, 9.17) is 9.41 Å². The number of amides is 3. The van der Waals surface area contributed by atoms with Crippen LogP contribution in [-0.2, 0) is 4.79 Å². The Labute approximate surface area is 197 Å². The van der Waals surface area contributed by atoms with E-state index in [0.717, 1.165) is 42.3 Å². The van der Waals surface area contributed by atoms with Gasteiger partial charge in [-0.25, -0.2) is 14.8 Å². The number of aromatic nitrogens is 1. The summed E-state index contributed by atoms with van der Waals surface area (Å²) in [5, 5.41) is 3.14. The van der Waals surface area contributed by atoms with E-state index in [9.17, 15) is 9.59 Å². The molecule has 1 aromatic carbocycles. The minimum Gasteiger partial charge on any atom is -0.431 e. The molecule has 176 valence electrons. The number of nitrogens with zero attached hydrogens (tertiary/aromatic N) is 5. The van der Waals surface area contributed by atoms with Crippen LogP contribution in [0.1, 0.15) is 26.7 Å². The van der Waals surface area contributed by atoms with Crippen molar-refractivity contribution < 1.29 is 14.0 Å². The zero-order valence-electron chi connectivity index (χ0n) is 19.2. The number of carbonyl (C=O) groups excluding carboxylic acids is 2. The third-order valence-corrected chi connectivity index (χ3v) is 7.45. The van der Waals surface area contributed by atoms with E-state index >= 15 is 0 Å². The van der Waals surface area contributed by atoms with E-state index in [0.29, 0.717) is 23.6 Å². The van der Waals surface area contributed by atoms with Gasteiger partial charge in [0.2, 0.25) is 0 Å². The molecule has 9 nitrogen and oxygen atoms in total. The predicted molar refractivity (Wildman–Crippen MR) is 127 cm³/mol. The number of benzene rings is 1. The second-order valence-corrected chi connectivity index (χ2v) is 10.4. The van der Waals surface area contributed by atoms with Gasteiger partial charge in [-0.05, 0) is 36.8 Å². The molecule has 0 spiro atoms. The summed E-state index contributed by atoms with van der Waals surface area (Å²) in [5.74, 6) is 2.49. The van der Waals surface area contributed by atoms with Crippen molar-refractivity contribution in [3.63, 3.8) is 0 Å². The Kier molecular flexibility index (Phi) is 5.94. The molecule has 3 aliphatic heterocycles. The lowest BCUT2D eigenvalue weighted by molar-refractivity contribution is -0.127. The van der Waals surface area contributed by atoms with Crippen molar-refractivity contribution in [1.82, 2.24) is 25.0 Å². The van der Waals surface area contributed by atoms with E-state index in [1.165, 1.54) is 11.3 Å². The number of likely N-dealkylation sites (N-methyl/N-ethyl adjacent to an activating group) is 1. The van der Waals surface area contributed by atoms with Crippen molar-refractivity contribution in [3.8, 4) is 0 Å². The second-order valence-electron chi connectivity index (χ2n) is 9.39. The lowest BCUT2D eigenvalue weighted by Crippen LogP contribution is -2.64. The molecule has 1 N–H and O–H groups in total. The molecule has 3 amide bonds. The standard InChI is InChI=1S/C23H30N6O3S/c1-14-11-15(2)13-28(12-14)21-25-19-18(20(30)26-22(31)27(19)3)29(21)9-6-10-33-23-24-16-7-4-5-8-17(16)32-23/h4-5,7-8,14-15,18-19H,6,9-13H2,1-3H3,(H,26,30,31). The number of para-hydroxylation sites is 2. The average Bonchev–Trinajstić information content (AvgIpc) is 3.36. The number of fused-ring (bicyclic) bond motifs is 2. The predicted octanol–water partition coefficient (Wildman–Crippen LogP) is 2.84. The van der Waals surface area contributed by atoms with E-state index in [-0.39, 0.29) is 5.91 Å². The fourth-order valence-corrected chi connectivity index (χ4v) is 5.91. The summed E-state index contributed by atoms with van der Waals surface area (Å²) in [6.45, 7) is 7.01. The van der Waals surface area contributed by atoms with Crippen molar-refractivity contribution in [2.45, 2.75) is 44.1 Å². The molecule has 4 atom stereocenters. The second kappa shape index (κ2) is 8.89. The molecule has 0 saturated carbocycles. The van der Waals surface area contributed by atoms with Crippen LogP contribution in [0.15, 0.2) is 38.9 Å². The van der Waals surface area contributed by atoms with Crippen molar-refractivity contribution in [2.24, 2.45) is 16.8 Å².